The first-order valence-electron chi connectivity index (χ1n) is 12.7. The van der Waals surface area contributed by atoms with Crippen molar-refractivity contribution < 1.29 is 23.5 Å². The van der Waals surface area contributed by atoms with E-state index < -0.39 is 12.0 Å². The Kier molecular flexibility index (Phi) is 8.86. The second kappa shape index (κ2) is 12.5. The summed E-state index contributed by atoms with van der Waals surface area (Å²) >= 11 is 0. The van der Waals surface area contributed by atoms with E-state index in [1.807, 2.05) is 12.1 Å². The van der Waals surface area contributed by atoms with Gasteiger partial charge in [-0.3, -0.25) is 9.69 Å². The number of ether oxygens (including phenoxy) is 1. The van der Waals surface area contributed by atoms with E-state index in [0.29, 0.717) is 40.5 Å². The van der Waals surface area contributed by atoms with Crippen molar-refractivity contribution >= 4 is 29.2 Å². The van der Waals surface area contributed by atoms with Crippen molar-refractivity contribution in [2.75, 3.05) is 30.8 Å². The number of ketones is 1. The molecule has 4 rings (SSSR count). The quantitative estimate of drug-likeness (QED) is 0.286. The highest BCUT2D eigenvalue weighted by molar-refractivity contribution is 6.03. The standard InChI is InChI=1S/C30H32FN3O4/c1-20(35)23-5-3-6-25(18-23)32-30(37)33-28-8-4-7-26(29(36)38-2)27(28)19-34-15-13-22(14-16-34)17-21-9-11-24(31)12-10-21/h3-12,18,22H,13-17,19H2,1-2H3,(H2,32,33,37). The minimum Gasteiger partial charge on any atom is -0.465 e. The van der Waals surface area contributed by atoms with Gasteiger partial charge in [-0.25, -0.2) is 14.0 Å². The third-order valence-electron chi connectivity index (χ3n) is 6.88. The van der Waals surface area contributed by atoms with Crippen molar-refractivity contribution in [3.63, 3.8) is 0 Å². The van der Waals surface area contributed by atoms with Crippen molar-refractivity contribution in [1.29, 1.82) is 0 Å². The Morgan fingerprint density at radius 2 is 1.68 bits per heavy atom. The lowest BCUT2D eigenvalue weighted by Gasteiger charge is -2.33. The molecule has 1 saturated heterocycles. The molecule has 0 aromatic heterocycles. The molecule has 1 aliphatic heterocycles. The normalized spacial score (nSPS) is 14.1. The molecule has 7 nitrogen and oxygen atoms in total. The molecule has 1 heterocycles. The van der Waals surface area contributed by atoms with Gasteiger partial charge in [-0.1, -0.05) is 30.3 Å². The van der Waals surface area contributed by atoms with E-state index in [9.17, 15) is 18.8 Å². The average molecular weight is 518 g/mol. The number of piperidine rings is 1. The van der Waals surface area contributed by atoms with Crippen LogP contribution in [-0.2, 0) is 17.7 Å². The van der Waals surface area contributed by atoms with Gasteiger partial charge < -0.3 is 15.4 Å². The summed E-state index contributed by atoms with van der Waals surface area (Å²) in [5, 5.41) is 5.62. The summed E-state index contributed by atoms with van der Waals surface area (Å²) in [5.74, 6) is -0.287. The van der Waals surface area contributed by atoms with E-state index in [1.54, 1.807) is 42.5 Å². The molecule has 38 heavy (non-hydrogen) atoms. The fraction of sp³-hybridized carbons (Fsp3) is 0.300. The van der Waals surface area contributed by atoms with Gasteiger partial charge >= 0.3 is 12.0 Å². The van der Waals surface area contributed by atoms with Crippen LogP contribution in [0.15, 0.2) is 66.7 Å². The van der Waals surface area contributed by atoms with Crippen molar-refractivity contribution in [3.8, 4) is 0 Å². The summed E-state index contributed by atoms with van der Waals surface area (Å²) in [4.78, 5) is 39.3. The molecule has 1 fully saturated rings. The number of nitrogens with zero attached hydrogens (tertiary/aromatic N) is 1. The molecule has 0 aliphatic carbocycles. The first-order chi connectivity index (χ1) is 18.3. The lowest BCUT2D eigenvalue weighted by atomic mass is 9.90. The molecule has 0 spiro atoms. The zero-order valence-electron chi connectivity index (χ0n) is 21.6. The Morgan fingerprint density at radius 3 is 2.37 bits per heavy atom. The van der Waals surface area contributed by atoms with Gasteiger partial charge in [0.25, 0.3) is 0 Å². The number of carbonyl (C=O) groups excluding carboxylic acids is 3. The molecule has 1 aliphatic rings. The number of anilines is 2. The molecule has 0 bridgehead atoms. The summed E-state index contributed by atoms with van der Waals surface area (Å²) in [7, 11) is 1.34. The second-order valence-corrected chi connectivity index (χ2v) is 9.59. The lowest BCUT2D eigenvalue weighted by Crippen LogP contribution is -2.34. The van der Waals surface area contributed by atoms with Gasteiger partial charge in [0, 0.05) is 29.0 Å². The number of halogens is 1. The highest BCUT2D eigenvalue weighted by Crippen LogP contribution is 2.27. The topological polar surface area (TPSA) is 87.7 Å². The molecular weight excluding hydrogens is 485 g/mol. The summed E-state index contributed by atoms with van der Waals surface area (Å²) in [6.45, 7) is 3.62. The minimum absolute atomic E-state index is 0.0939. The number of rotatable bonds is 8. The number of amides is 2. The van der Waals surface area contributed by atoms with Gasteiger partial charge in [0.15, 0.2) is 5.78 Å². The van der Waals surface area contributed by atoms with Crippen LogP contribution in [0.1, 0.15) is 51.6 Å². The molecule has 8 heteroatoms. The van der Waals surface area contributed by atoms with Crippen LogP contribution in [0.3, 0.4) is 0 Å². The number of likely N-dealkylation sites (tertiary alicyclic amines) is 1. The van der Waals surface area contributed by atoms with E-state index in [4.69, 9.17) is 4.74 Å². The molecule has 0 radical (unpaired) electrons. The van der Waals surface area contributed by atoms with Crippen LogP contribution >= 0.6 is 0 Å². The van der Waals surface area contributed by atoms with Gasteiger partial charge in [0.2, 0.25) is 0 Å². The van der Waals surface area contributed by atoms with Crippen molar-refractivity contribution in [2.24, 2.45) is 5.92 Å². The first-order valence-corrected chi connectivity index (χ1v) is 12.7. The van der Waals surface area contributed by atoms with Crippen LogP contribution in [0.25, 0.3) is 0 Å². The van der Waals surface area contributed by atoms with Gasteiger partial charge in [-0.05, 0) is 87.2 Å². The Balaban J connectivity index is 1.44. The second-order valence-electron chi connectivity index (χ2n) is 9.59. The van der Waals surface area contributed by atoms with Crippen LogP contribution in [0.4, 0.5) is 20.6 Å². The van der Waals surface area contributed by atoms with Gasteiger partial charge in [0.05, 0.1) is 12.7 Å². The minimum atomic E-state index is -0.480. The van der Waals surface area contributed by atoms with E-state index in [0.717, 1.165) is 37.9 Å². The highest BCUT2D eigenvalue weighted by atomic mass is 19.1. The molecule has 198 valence electrons. The number of benzene rings is 3. The summed E-state index contributed by atoms with van der Waals surface area (Å²) in [6, 6.07) is 18.1. The predicted molar refractivity (Wildman–Crippen MR) is 145 cm³/mol. The average Bonchev–Trinajstić information content (AvgIpc) is 2.91. The third-order valence-corrected chi connectivity index (χ3v) is 6.88. The number of methoxy groups -OCH3 is 1. The Morgan fingerprint density at radius 1 is 0.974 bits per heavy atom. The maximum atomic E-state index is 13.2. The Bertz CT molecular complexity index is 1300. The summed E-state index contributed by atoms with van der Waals surface area (Å²) < 4.78 is 18.2. The van der Waals surface area contributed by atoms with Gasteiger partial charge in [-0.15, -0.1) is 0 Å². The number of urea groups is 1. The SMILES string of the molecule is COC(=O)c1cccc(NC(=O)Nc2cccc(C(C)=O)c2)c1CN1CCC(Cc2ccc(F)cc2)CC1. The molecule has 2 amide bonds. The number of hydrogen-bond donors (Lipinski definition) is 2. The number of carbonyl (C=O) groups is 3. The number of hydrogen-bond acceptors (Lipinski definition) is 5. The van der Waals surface area contributed by atoms with Crippen molar-refractivity contribution in [1.82, 2.24) is 4.90 Å². The van der Waals surface area contributed by atoms with Crippen molar-refractivity contribution in [3.05, 3.63) is 94.8 Å². The number of nitrogens with one attached hydrogen (secondary N) is 2. The summed E-state index contributed by atoms with van der Waals surface area (Å²) in [6.07, 6.45) is 2.87. The van der Waals surface area contributed by atoms with E-state index in [1.165, 1.54) is 26.2 Å². The fourth-order valence-electron chi connectivity index (χ4n) is 4.80. The van der Waals surface area contributed by atoms with E-state index in [-0.39, 0.29) is 11.6 Å². The molecule has 0 unspecified atom stereocenters. The van der Waals surface area contributed by atoms with Crippen LogP contribution in [0.2, 0.25) is 0 Å². The zero-order valence-corrected chi connectivity index (χ0v) is 21.6. The molecule has 2 N–H and O–H groups in total. The van der Waals surface area contributed by atoms with Crippen LogP contribution in [-0.4, -0.2) is 42.9 Å². The van der Waals surface area contributed by atoms with Crippen LogP contribution < -0.4 is 10.6 Å². The molecule has 0 saturated carbocycles. The van der Waals surface area contributed by atoms with Crippen LogP contribution in [0, 0.1) is 11.7 Å². The fourth-order valence-corrected chi connectivity index (χ4v) is 4.80. The third kappa shape index (κ3) is 7.04. The first kappa shape index (κ1) is 27.0. The van der Waals surface area contributed by atoms with Gasteiger partial charge in [-0.2, -0.15) is 0 Å². The maximum Gasteiger partial charge on any atom is 0.338 e. The lowest BCUT2D eigenvalue weighted by molar-refractivity contribution is 0.0597. The Labute approximate surface area is 222 Å². The largest absolute Gasteiger partial charge is 0.465 e. The maximum absolute atomic E-state index is 13.2. The Hall–Kier alpha value is -4.04. The smallest absolute Gasteiger partial charge is 0.338 e. The predicted octanol–water partition coefficient (Wildman–Crippen LogP) is 5.91. The molecular formula is C30H32FN3O4. The van der Waals surface area contributed by atoms with Crippen molar-refractivity contribution in [2.45, 2.75) is 32.7 Å². The highest BCUT2D eigenvalue weighted by Gasteiger charge is 2.24. The zero-order chi connectivity index (χ0) is 27.1. The van der Waals surface area contributed by atoms with E-state index in [2.05, 4.69) is 15.5 Å². The molecule has 3 aromatic carbocycles. The summed E-state index contributed by atoms with van der Waals surface area (Å²) in [5.41, 5.74) is 3.72. The molecule has 3 aromatic rings. The number of esters is 1. The monoisotopic (exact) mass is 517 g/mol. The van der Waals surface area contributed by atoms with Gasteiger partial charge in [0.1, 0.15) is 5.82 Å². The van der Waals surface area contributed by atoms with Crippen LogP contribution in [0.5, 0.6) is 0 Å². The number of Topliss-reactive ketones (excluding diaryl/α,β-unsaturated/α-hetero) is 1. The molecule has 0 atom stereocenters. The van der Waals surface area contributed by atoms with E-state index >= 15 is 0 Å².